The van der Waals surface area contributed by atoms with Gasteiger partial charge in [-0.1, -0.05) is 13.8 Å². The van der Waals surface area contributed by atoms with Crippen LogP contribution in [0.2, 0.25) is 0 Å². The molecule has 0 spiro atoms. The van der Waals surface area contributed by atoms with Gasteiger partial charge in [-0.2, -0.15) is 0 Å². The lowest BCUT2D eigenvalue weighted by molar-refractivity contribution is -0.149. The summed E-state index contributed by atoms with van der Waals surface area (Å²) in [6.07, 6.45) is 3.62. The van der Waals surface area contributed by atoms with Crippen molar-refractivity contribution in [1.82, 2.24) is 0 Å². The van der Waals surface area contributed by atoms with E-state index < -0.39 is 0 Å². The second-order valence-electron chi connectivity index (χ2n) is 3.14. The quantitative estimate of drug-likeness (QED) is 0.620. The van der Waals surface area contributed by atoms with Crippen LogP contribution >= 0.6 is 0 Å². The van der Waals surface area contributed by atoms with Crippen molar-refractivity contribution in [3.8, 4) is 0 Å². The number of rotatable bonds is 7. The molecule has 0 rings (SSSR count). The topological polar surface area (TPSA) is 46.5 Å². The van der Waals surface area contributed by atoms with Gasteiger partial charge in [0.25, 0.3) is 0 Å². The Hall–Kier alpha value is -0.570. The Kier molecular flexibility index (Phi) is 7.69. The standard InChI is InChI=1S/C10H20O3/c1-3-6-10(12)13-9(4-2)7-5-8-11/h9,11H,3-8H2,1-2H3. The third-order valence-electron chi connectivity index (χ3n) is 1.89. The minimum absolute atomic E-state index is 0.00815. The number of esters is 1. The van der Waals surface area contributed by atoms with Crippen LogP contribution in [0.5, 0.6) is 0 Å². The summed E-state index contributed by atoms with van der Waals surface area (Å²) in [6, 6.07) is 0. The second-order valence-corrected chi connectivity index (χ2v) is 3.14. The van der Waals surface area contributed by atoms with E-state index in [0.717, 1.165) is 19.3 Å². The monoisotopic (exact) mass is 188 g/mol. The molecule has 0 aromatic carbocycles. The maximum absolute atomic E-state index is 11.1. The smallest absolute Gasteiger partial charge is 0.306 e. The van der Waals surface area contributed by atoms with Gasteiger partial charge < -0.3 is 9.84 Å². The molecule has 0 aliphatic heterocycles. The van der Waals surface area contributed by atoms with Gasteiger partial charge >= 0.3 is 5.97 Å². The van der Waals surface area contributed by atoms with Gasteiger partial charge in [0.2, 0.25) is 0 Å². The maximum atomic E-state index is 11.1. The molecule has 3 heteroatoms. The summed E-state index contributed by atoms with van der Waals surface area (Å²) >= 11 is 0. The first-order valence-electron chi connectivity index (χ1n) is 5.04. The number of hydrogen-bond acceptors (Lipinski definition) is 3. The van der Waals surface area contributed by atoms with Crippen LogP contribution in [-0.4, -0.2) is 23.8 Å². The summed E-state index contributed by atoms with van der Waals surface area (Å²) < 4.78 is 5.19. The van der Waals surface area contributed by atoms with Gasteiger partial charge in [0.15, 0.2) is 0 Å². The van der Waals surface area contributed by atoms with Crippen molar-refractivity contribution in [2.24, 2.45) is 0 Å². The van der Waals surface area contributed by atoms with E-state index in [9.17, 15) is 4.79 Å². The Balaban J connectivity index is 3.62. The molecule has 0 aliphatic rings. The van der Waals surface area contributed by atoms with Crippen molar-refractivity contribution in [1.29, 1.82) is 0 Å². The summed E-state index contributed by atoms with van der Waals surface area (Å²) in [5.74, 6) is -0.118. The number of ether oxygens (including phenoxy) is 1. The van der Waals surface area contributed by atoms with Crippen LogP contribution in [0.1, 0.15) is 46.0 Å². The summed E-state index contributed by atoms with van der Waals surface area (Å²) in [6.45, 7) is 4.11. The van der Waals surface area contributed by atoms with Gasteiger partial charge in [0.05, 0.1) is 0 Å². The second kappa shape index (κ2) is 8.05. The molecule has 1 unspecified atom stereocenters. The van der Waals surface area contributed by atoms with E-state index in [1.807, 2.05) is 13.8 Å². The van der Waals surface area contributed by atoms with Crippen molar-refractivity contribution >= 4 is 5.97 Å². The van der Waals surface area contributed by atoms with Crippen molar-refractivity contribution < 1.29 is 14.6 Å². The first-order chi connectivity index (χ1) is 6.24. The molecule has 78 valence electrons. The first-order valence-corrected chi connectivity index (χ1v) is 5.04. The predicted octanol–water partition coefficient (Wildman–Crippen LogP) is 1.88. The van der Waals surface area contributed by atoms with E-state index in [1.54, 1.807) is 0 Å². The zero-order chi connectivity index (χ0) is 10.1. The normalized spacial score (nSPS) is 12.5. The molecule has 0 amide bonds. The number of carbonyl (C=O) groups is 1. The minimum Gasteiger partial charge on any atom is -0.462 e. The molecule has 0 heterocycles. The molecule has 0 aromatic rings. The predicted molar refractivity (Wildman–Crippen MR) is 51.4 cm³/mol. The van der Waals surface area contributed by atoms with Crippen LogP contribution in [0.15, 0.2) is 0 Å². The summed E-state index contributed by atoms with van der Waals surface area (Å²) in [5, 5.41) is 8.61. The van der Waals surface area contributed by atoms with E-state index >= 15 is 0 Å². The Morgan fingerprint density at radius 3 is 2.62 bits per heavy atom. The van der Waals surface area contributed by atoms with E-state index in [1.165, 1.54) is 0 Å². The molecule has 0 aliphatic carbocycles. The Morgan fingerprint density at radius 1 is 1.46 bits per heavy atom. The SMILES string of the molecule is CCCC(=O)OC(CC)CCCO. The van der Waals surface area contributed by atoms with Crippen molar-refractivity contribution in [3.05, 3.63) is 0 Å². The molecular weight excluding hydrogens is 168 g/mol. The maximum Gasteiger partial charge on any atom is 0.306 e. The molecule has 0 radical (unpaired) electrons. The lowest BCUT2D eigenvalue weighted by Gasteiger charge is -2.15. The largest absolute Gasteiger partial charge is 0.462 e. The van der Waals surface area contributed by atoms with Gasteiger partial charge in [0.1, 0.15) is 6.10 Å². The van der Waals surface area contributed by atoms with Crippen LogP contribution in [0.25, 0.3) is 0 Å². The Labute approximate surface area is 80.1 Å². The molecule has 1 atom stereocenters. The zero-order valence-corrected chi connectivity index (χ0v) is 8.58. The van der Waals surface area contributed by atoms with Gasteiger partial charge in [-0.05, 0) is 25.7 Å². The van der Waals surface area contributed by atoms with Crippen LogP contribution in [0.3, 0.4) is 0 Å². The highest BCUT2D eigenvalue weighted by Gasteiger charge is 2.10. The van der Waals surface area contributed by atoms with Crippen LogP contribution in [0.4, 0.5) is 0 Å². The van der Waals surface area contributed by atoms with Crippen molar-refractivity contribution in [3.63, 3.8) is 0 Å². The fourth-order valence-electron chi connectivity index (χ4n) is 1.11. The average molecular weight is 188 g/mol. The minimum atomic E-state index is -0.118. The summed E-state index contributed by atoms with van der Waals surface area (Å²) in [5.41, 5.74) is 0. The van der Waals surface area contributed by atoms with Crippen LogP contribution < -0.4 is 0 Å². The molecule has 0 bridgehead atoms. The highest BCUT2D eigenvalue weighted by molar-refractivity contribution is 5.69. The molecule has 3 nitrogen and oxygen atoms in total. The summed E-state index contributed by atoms with van der Waals surface area (Å²) in [4.78, 5) is 11.1. The van der Waals surface area contributed by atoms with E-state index in [2.05, 4.69) is 0 Å². The zero-order valence-electron chi connectivity index (χ0n) is 8.58. The number of aliphatic hydroxyl groups excluding tert-OH is 1. The highest BCUT2D eigenvalue weighted by atomic mass is 16.5. The molecule has 13 heavy (non-hydrogen) atoms. The molecule has 0 saturated carbocycles. The van der Waals surface area contributed by atoms with E-state index in [-0.39, 0.29) is 18.7 Å². The lowest BCUT2D eigenvalue weighted by Crippen LogP contribution is -2.17. The van der Waals surface area contributed by atoms with Gasteiger partial charge in [-0.15, -0.1) is 0 Å². The highest BCUT2D eigenvalue weighted by Crippen LogP contribution is 2.08. The number of hydrogen-bond donors (Lipinski definition) is 1. The fraction of sp³-hybridized carbons (Fsp3) is 0.900. The summed E-state index contributed by atoms with van der Waals surface area (Å²) in [7, 11) is 0. The fourth-order valence-corrected chi connectivity index (χ4v) is 1.11. The van der Waals surface area contributed by atoms with Crippen molar-refractivity contribution in [2.75, 3.05) is 6.61 Å². The number of carbonyl (C=O) groups excluding carboxylic acids is 1. The van der Waals surface area contributed by atoms with Gasteiger partial charge in [-0.25, -0.2) is 0 Å². The van der Waals surface area contributed by atoms with Crippen LogP contribution in [-0.2, 0) is 9.53 Å². The van der Waals surface area contributed by atoms with Gasteiger partial charge in [-0.3, -0.25) is 4.79 Å². The third-order valence-corrected chi connectivity index (χ3v) is 1.89. The van der Waals surface area contributed by atoms with Crippen LogP contribution in [0, 0.1) is 0 Å². The van der Waals surface area contributed by atoms with E-state index in [0.29, 0.717) is 12.8 Å². The average Bonchev–Trinajstić information content (AvgIpc) is 2.12. The number of aliphatic hydroxyl groups is 1. The van der Waals surface area contributed by atoms with Gasteiger partial charge in [0, 0.05) is 13.0 Å². The lowest BCUT2D eigenvalue weighted by atomic mass is 10.1. The molecule has 1 N–H and O–H groups in total. The molecular formula is C10H20O3. The molecule has 0 fully saturated rings. The first kappa shape index (κ1) is 12.4. The Bertz CT molecular complexity index is 134. The third kappa shape index (κ3) is 6.58. The molecule has 0 aromatic heterocycles. The van der Waals surface area contributed by atoms with Crippen molar-refractivity contribution in [2.45, 2.75) is 52.1 Å². The molecule has 0 saturated heterocycles. The Morgan fingerprint density at radius 2 is 2.15 bits per heavy atom. The van der Waals surface area contributed by atoms with E-state index in [4.69, 9.17) is 9.84 Å².